The maximum Gasteiger partial charge on any atom is 0.244 e. The molecule has 5 nitrogen and oxygen atoms in total. The molecule has 1 aromatic rings. The largest absolute Gasteiger partial charge is 0.398 e. The number of hydrogen-bond acceptors (Lipinski definition) is 4. The van der Waals surface area contributed by atoms with Crippen molar-refractivity contribution in [3.8, 4) is 0 Å². The number of anilines is 1. The van der Waals surface area contributed by atoms with Crippen molar-refractivity contribution < 1.29 is 13.2 Å². The van der Waals surface area contributed by atoms with Gasteiger partial charge < -0.3 is 10.5 Å². The Labute approximate surface area is 131 Å². The van der Waals surface area contributed by atoms with Crippen LogP contribution in [0.1, 0.15) is 12.8 Å². The van der Waals surface area contributed by atoms with E-state index >= 15 is 0 Å². The Morgan fingerprint density at radius 3 is 2.50 bits per heavy atom. The second-order valence-corrected chi connectivity index (χ2v) is 8.22. The molecule has 20 heavy (non-hydrogen) atoms. The van der Waals surface area contributed by atoms with E-state index in [0.717, 1.165) is 12.8 Å². The number of sulfonamides is 1. The van der Waals surface area contributed by atoms with Gasteiger partial charge in [-0.25, -0.2) is 8.42 Å². The van der Waals surface area contributed by atoms with E-state index in [2.05, 4.69) is 15.9 Å². The first-order valence-corrected chi connectivity index (χ1v) is 8.89. The lowest BCUT2D eigenvalue weighted by Gasteiger charge is -2.31. The Kier molecular flexibility index (Phi) is 3.75. The van der Waals surface area contributed by atoms with E-state index in [1.165, 1.54) is 16.4 Å². The normalized spacial score (nSPS) is 26.9. The van der Waals surface area contributed by atoms with Crippen LogP contribution < -0.4 is 5.73 Å². The van der Waals surface area contributed by atoms with E-state index in [9.17, 15) is 8.42 Å². The predicted molar refractivity (Wildman–Crippen MR) is 80.2 cm³/mol. The number of nitrogen functional groups attached to an aromatic ring is 1. The number of fused-ring (bicyclic) bond motifs is 2. The molecule has 2 atom stereocenters. The number of ether oxygens (including phenoxy) is 1. The van der Waals surface area contributed by atoms with Gasteiger partial charge in [-0.3, -0.25) is 0 Å². The van der Waals surface area contributed by atoms with Crippen LogP contribution in [0.3, 0.4) is 0 Å². The highest BCUT2D eigenvalue weighted by molar-refractivity contribution is 9.10. The molecular formula is C12H14BrClN2O3S. The molecule has 2 unspecified atom stereocenters. The van der Waals surface area contributed by atoms with Gasteiger partial charge in [0.15, 0.2) is 0 Å². The van der Waals surface area contributed by atoms with E-state index in [1.807, 2.05) is 0 Å². The zero-order valence-electron chi connectivity index (χ0n) is 10.6. The van der Waals surface area contributed by atoms with Gasteiger partial charge in [0, 0.05) is 23.8 Å². The molecule has 0 spiro atoms. The molecule has 2 N–H and O–H groups in total. The van der Waals surface area contributed by atoms with Gasteiger partial charge in [-0.05, 0) is 40.9 Å². The SMILES string of the molecule is Nc1cc(Cl)cc(S(=O)(=O)N2CC3CCC(C2)O3)c1Br. The summed E-state index contributed by atoms with van der Waals surface area (Å²) in [5.41, 5.74) is 6.09. The fraction of sp³-hybridized carbons (Fsp3) is 0.500. The first kappa shape index (κ1) is 14.6. The Morgan fingerprint density at radius 2 is 1.90 bits per heavy atom. The molecule has 2 fully saturated rings. The summed E-state index contributed by atoms with van der Waals surface area (Å²) in [6, 6.07) is 2.95. The number of halogens is 2. The van der Waals surface area contributed by atoms with Gasteiger partial charge in [0.25, 0.3) is 0 Å². The summed E-state index contributed by atoms with van der Waals surface area (Å²) < 4.78 is 33.0. The number of nitrogens with two attached hydrogens (primary N) is 1. The standard InChI is InChI=1S/C12H14BrClN2O3S/c13-12-10(15)3-7(14)4-11(12)20(17,18)16-5-8-1-2-9(6-16)19-8/h3-4,8-9H,1-2,5-6,15H2. The fourth-order valence-corrected chi connectivity index (χ4v) is 5.44. The first-order chi connectivity index (χ1) is 9.38. The zero-order valence-corrected chi connectivity index (χ0v) is 13.7. The lowest BCUT2D eigenvalue weighted by Crippen LogP contribution is -2.45. The monoisotopic (exact) mass is 380 g/mol. The second-order valence-electron chi connectivity index (χ2n) is 5.09. The lowest BCUT2D eigenvalue weighted by atomic mass is 10.2. The highest BCUT2D eigenvalue weighted by atomic mass is 79.9. The molecule has 0 amide bonds. The second kappa shape index (κ2) is 5.14. The van der Waals surface area contributed by atoms with Gasteiger partial charge in [0.05, 0.1) is 21.6 Å². The number of benzene rings is 1. The Balaban J connectivity index is 2.00. The van der Waals surface area contributed by atoms with Crippen LogP contribution >= 0.6 is 27.5 Å². The minimum atomic E-state index is -3.62. The molecule has 1 aromatic carbocycles. The van der Waals surface area contributed by atoms with Crippen LogP contribution in [0.5, 0.6) is 0 Å². The number of rotatable bonds is 2. The minimum absolute atomic E-state index is 0.00108. The third-order valence-corrected chi connectivity index (χ3v) is 6.88. The number of nitrogens with zero attached hydrogens (tertiary/aromatic N) is 1. The fourth-order valence-electron chi connectivity index (χ4n) is 2.68. The van der Waals surface area contributed by atoms with E-state index < -0.39 is 10.0 Å². The topological polar surface area (TPSA) is 72.6 Å². The van der Waals surface area contributed by atoms with E-state index in [1.54, 1.807) is 0 Å². The first-order valence-electron chi connectivity index (χ1n) is 6.28. The molecule has 3 rings (SSSR count). The maximum absolute atomic E-state index is 12.8. The lowest BCUT2D eigenvalue weighted by molar-refractivity contribution is -0.0114. The van der Waals surface area contributed by atoms with Crippen molar-refractivity contribution in [3.63, 3.8) is 0 Å². The van der Waals surface area contributed by atoms with Gasteiger partial charge in [-0.1, -0.05) is 11.6 Å². The molecule has 2 bridgehead atoms. The van der Waals surface area contributed by atoms with Crippen LogP contribution in [0.15, 0.2) is 21.5 Å². The molecule has 0 aromatic heterocycles. The molecule has 8 heteroatoms. The summed E-state index contributed by atoms with van der Waals surface area (Å²) in [6.45, 7) is 0.773. The number of hydrogen-bond donors (Lipinski definition) is 1. The molecule has 0 saturated carbocycles. The highest BCUT2D eigenvalue weighted by Gasteiger charge is 2.40. The molecule has 0 radical (unpaired) electrons. The van der Waals surface area contributed by atoms with Crippen LogP contribution in [-0.2, 0) is 14.8 Å². The third-order valence-electron chi connectivity index (χ3n) is 3.66. The van der Waals surface area contributed by atoms with Crippen molar-refractivity contribution >= 4 is 43.2 Å². The van der Waals surface area contributed by atoms with Crippen LogP contribution in [0.2, 0.25) is 5.02 Å². The summed E-state index contributed by atoms with van der Waals surface area (Å²) in [4.78, 5) is 0.115. The minimum Gasteiger partial charge on any atom is -0.398 e. The van der Waals surface area contributed by atoms with E-state index in [4.69, 9.17) is 22.1 Å². The summed E-state index contributed by atoms with van der Waals surface area (Å²) >= 11 is 9.17. The smallest absolute Gasteiger partial charge is 0.244 e. The van der Waals surface area contributed by atoms with Gasteiger partial charge in [-0.15, -0.1) is 0 Å². The van der Waals surface area contributed by atoms with Gasteiger partial charge in [0.2, 0.25) is 10.0 Å². The van der Waals surface area contributed by atoms with Crippen molar-refractivity contribution in [2.75, 3.05) is 18.8 Å². The Bertz CT molecular complexity index is 640. The van der Waals surface area contributed by atoms with Crippen molar-refractivity contribution in [2.45, 2.75) is 29.9 Å². The zero-order chi connectivity index (χ0) is 14.5. The molecule has 2 aliphatic heterocycles. The quantitative estimate of drug-likeness (QED) is 0.797. The molecule has 2 heterocycles. The van der Waals surface area contributed by atoms with Crippen molar-refractivity contribution in [2.24, 2.45) is 0 Å². The van der Waals surface area contributed by atoms with Crippen LogP contribution in [0.4, 0.5) is 5.69 Å². The van der Waals surface area contributed by atoms with Gasteiger partial charge in [-0.2, -0.15) is 4.31 Å². The van der Waals surface area contributed by atoms with Crippen molar-refractivity contribution in [1.29, 1.82) is 0 Å². The molecule has 2 saturated heterocycles. The summed E-state index contributed by atoms with van der Waals surface area (Å²) in [5.74, 6) is 0. The number of morpholine rings is 1. The van der Waals surface area contributed by atoms with Gasteiger partial charge in [0.1, 0.15) is 0 Å². The summed E-state index contributed by atoms with van der Waals surface area (Å²) in [5, 5.41) is 0.306. The average molecular weight is 382 g/mol. The Morgan fingerprint density at radius 1 is 1.30 bits per heavy atom. The van der Waals surface area contributed by atoms with Crippen LogP contribution in [0, 0.1) is 0 Å². The predicted octanol–water partition coefficient (Wildman–Crippen LogP) is 2.24. The Hall–Kier alpha value is -0.340. The van der Waals surface area contributed by atoms with Crippen molar-refractivity contribution in [3.05, 3.63) is 21.6 Å². The average Bonchev–Trinajstić information content (AvgIpc) is 2.72. The van der Waals surface area contributed by atoms with Crippen LogP contribution in [0.25, 0.3) is 0 Å². The van der Waals surface area contributed by atoms with Gasteiger partial charge >= 0.3 is 0 Å². The molecule has 2 aliphatic rings. The molecular weight excluding hydrogens is 368 g/mol. The summed E-state index contributed by atoms with van der Waals surface area (Å²) in [6.07, 6.45) is 1.82. The highest BCUT2D eigenvalue weighted by Crippen LogP contribution is 2.36. The summed E-state index contributed by atoms with van der Waals surface area (Å²) in [7, 11) is -3.62. The molecule has 110 valence electrons. The van der Waals surface area contributed by atoms with Crippen LogP contribution in [-0.4, -0.2) is 38.0 Å². The van der Waals surface area contributed by atoms with Crippen molar-refractivity contribution in [1.82, 2.24) is 4.31 Å². The van der Waals surface area contributed by atoms with E-state index in [0.29, 0.717) is 28.3 Å². The third kappa shape index (κ3) is 2.46. The molecule has 0 aliphatic carbocycles. The maximum atomic E-state index is 12.8. The van der Waals surface area contributed by atoms with E-state index in [-0.39, 0.29) is 17.1 Å².